The van der Waals surface area contributed by atoms with Gasteiger partial charge in [0.05, 0.1) is 6.20 Å². The van der Waals surface area contributed by atoms with Crippen molar-refractivity contribution in [3.05, 3.63) is 41.0 Å². The van der Waals surface area contributed by atoms with Crippen molar-refractivity contribution >= 4 is 29.1 Å². The van der Waals surface area contributed by atoms with Crippen LogP contribution in [0.25, 0.3) is 0 Å². The standard InChI is InChI=1S/C22H31ClN6O/c1-28-8-10-29(11-9-28)16-18-2-4-19(5-3-18)26-22-25-15-20(23)21(27-22)24-14-17-6-12-30-13-7-17/h2-5,15,17H,6-14,16H2,1H3,(H2,24,25,26,27). The first-order valence-electron chi connectivity index (χ1n) is 10.8. The van der Waals surface area contributed by atoms with E-state index >= 15 is 0 Å². The Morgan fingerprint density at radius 1 is 1.10 bits per heavy atom. The van der Waals surface area contributed by atoms with E-state index in [9.17, 15) is 0 Å². The first-order valence-corrected chi connectivity index (χ1v) is 11.1. The topological polar surface area (TPSA) is 65.5 Å². The van der Waals surface area contributed by atoms with Gasteiger partial charge in [-0.15, -0.1) is 0 Å². The molecule has 4 rings (SSSR count). The molecule has 8 heteroatoms. The highest BCUT2D eigenvalue weighted by atomic mass is 35.5. The molecule has 0 amide bonds. The maximum absolute atomic E-state index is 6.29. The Balaban J connectivity index is 1.32. The summed E-state index contributed by atoms with van der Waals surface area (Å²) in [6.07, 6.45) is 3.79. The lowest BCUT2D eigenvalue weighted by Gasteiger charge is -2.32. The molecule has 3 heterocycles. The van der Waals surface area contributed by atoms with E-state index < -0.39 is 0 Å². The van der Waals surface area contributed by atoms with Crippen molar-refractivity contribution in [2.75, 3.05) is 63.6 Å². The molecular weight excluding hydrogens is 400 g/mol. The normalized spacial score (nSPS) is 19.0. The van der Waals surface area contributed by atoms with Crippen molar-refractivity contribution < 1.29 is 4.74 Å². The molecule has 2 aliphatic heterocycles. The third-order valence-electron chi connectivity index (χ3n) is 5.86. The number of halogens is 1. The van der Waals surface area contributed by atoms with Gasteiger partial charge in [-0.05, 0) is 43.5 Å². The van der Waals surface area contributed by atoms with E-state index in [0.29, 0.717) is 22.7 Å². The Morgan fingerprint density at radius 2 is 1.83 bits per heavy atom. The quantitative estimate of drug-likeness (QED) is 0.697. The first kappa shape index (κ1) is 21.3. The molecule has 30 heavy (non-hydrogen) atoms. The molecule has 1 aromatic carbocycles. The molecule has 0 unspecified atom stereocenters. The first-order chi connectivity index (χ1) is 14.7. The van der Waals surface area contributed by atoms with Gasteiger partial charge in [-0.1, -0.05) is 23.7 Å². The molecule has 0 atom stereocenters. The zero-order chi connectivity index (χ0) is 20.8. The lowest BCUT2D eigenvalue weighted by atomic mass is 10.0. The third-order valence-corrected chi connectivity index (χ3v) is 6.13. The smallest absolute Gasteiger partial charge is 0.229 e. The summed E-state index contributed by atoms with van der Waals surface area (Å²) >= 11 is 6.29. The number of nitrogens with zero attached hydrogens (tertiary/aromatic N) is 4. The Morgan fingerprint density at radius 3 is 2.57 bits per heavy atom. The fraction of sp³-hybridized carbons (Fsp3) is 0.545. The predicted molar refractivity (Wildman–Crippen MR) is 122 cm³/mol. The minimum Gasteiger partial charge on any atom is -0.381 e. The number of aromatic nitrogens is 2. The van der Waals surface area contributed by atoms with E-state index in [-0.39, 0.29) is 0 Å². The van der Waals surface area contributed by atoms with Crippen molar-refractivity contribution in [1.29, 1.82) is 0 Å². The molecular formula is C22H31ClN6O. The number of ether oxygens (including phenoxy) is 1. The van der Waals surface area contributed by atoms with Gasteiger partial charge in [0.2, 0.25) is 5.95 Å². The average Bonchev–Trinajstić information content (AvgIpc) is 2.78. The van der Waals surface area contributed by atoms with E-state index in [2.05, 4.69) is 61.7 Å². The van der Waals surface area contributed by atoms with Crippen LogP contribution >= 0.6 is 11.6 Å². The third kappa shape index (κ3) is 6.04. The highest BCUT2D eigenvalue weighted by molar-refractivity contribution is 6.32. The number of hydrogen-bond donors (Lipinski definition) is 2. The highest BCUT2D eigenvalue weighted by Gasteiger charge is 2.15. The lowest BCUT2D eigenvalue weighted by molar-refractivity contribution is 0.0699. The van der Waals surface area contributed by atoms with Crippen LogP contribution in [0, 0.1) is 5.92 Å². The second kappa shape index (κ2) is 10.4. The van der Waals surface area contributed by atoms with Crippen molar-refractivity contribution in [2.24, 2.45) is 5.92 Å². The number of likely N-dealkylation sites (N-methyl/N-ethyl adjacent to an activating group) is 1. The Bertz CT molecular complexity index is 804. The minimum absolute atomic E-state index is 0.537. The van der Waals surface area contributed by atoms with Gasteiger partial charge in [0.1, 0.15) is 5.02 Å². The lowest BCUT2D eigenvalue weighted by Crippen LogP contribution is -2.43. The summed E-state index contributed by atoms with van der Waals surface area (Å²) in [5.41, 5.74) is 2.29. The van der Waals surface area contributed by atoms with Gasteiger partial charge in [0.25, 0.3) is 0 Å². The molecule has 1 aromatic heterocycles. The fourth-order valence-electron chi connectivity index (χ4n) is 3.83. The molecule has 0 spiro atoms. The molecule has 162 valence electrons. The van der Waals surface area contributed by atoms with Crippen LogP contribution in [0.5, 0.6) is 0 Å². The van der Waals surface area contributed by atoms with E-state index in [1.165, 1.54) is 5.56 Å². The summed E-state index contributed by atoms with van der Waals surface area (Å²) in [6.45, 7) is 8.03. The summed E-state index contributed by atoms with van der Waals surface area (Å²) in [5.74, 6) is 1.81. The number of anilines is 3. The molecule has 2 saturated heterocycles. The maximum Gasteiger partial charge on any atom is 0.229 e. The van der Waals surface area contributed by atoms with Crippen LogP contribution in [0.2, 0.25) is 5.02 Å². The summed E-state index contributed by atoms with van der Waals surface area (Å²) in [7, 11) is 2.18. The number of nitrogens with one attached hydrogen (secondary N) is 2. The van der Waals surface area contributed by atoms with Gasteiger partial charge in [-0.2, -0.15) is 4.98 Å². The fourth-order valence-corrected chi connectivity index (χ4v) is 3.99. The van der Waals surface area contributed by atoms with Gasteiger partial charge in [-0.25, -0.2) is 4.98 Å². The molecule has 7 nitrogen and oxygen atoms in total. The predicted octanol–water partition coefficient (Wildman–Crippen LogP) is 3.46. The average molecular weight is 431 g/mol. The van der Waals surface area contributed by atoms with Crippen molar-refractivity contribution in [3.8, 4) is 0 Å². The van der Waals surface area contributed by atoms with Crippen LogP contribution in [-0.4, -0.2) is 72.8 Å². The molecule has 0 aliphatic carbocycles. The van der Waals surface area contributed by atoms with Crippen LogP contribution in [0.15, 0.2) is 30.5 Å². The van der Waals surface area contributed by atoms with Crippen molar-refractivity contribution in [3.63, 3.8) is 0 Å². The van der Waals surface area contributed by atoms with Gasteiger partial charge >= 0.3 is 0 Å². The molecule has 0 bridgehead atoms. The number of benzene rings is 1. The Kier molecular flexibility index (Phi) is 7.38. The second-order valence-corrected chi connectivity index (χ2v) is 8.64. The highest BCUT2D eigenvalue weighted by Crippen LogP contribution is 2.23. The zero-order valence-corrected chi connectivity index (χ0v) is 18.4. The van der Waals surface area contributed by atoms with Crippen LogP contribution in [0.4, 0.5) is 17.5 Å². The van der Waals surface area contributed by atoms with E-state index in [1.54, 1.807) is 6.20 Å². The number of piperazine rings is 1. The monoisotopic (exact) mass is 430 g/mol. The molecule has 2 aliphatic rings. The van der Waals surface area contributed by atoms with E-state index in [0.717, 1.165) is 71.0 Å². The molecule has 0 radical (unpaired) electrons. The van der Waals surface area contributed by atoms with E-state index in [1.807, 2.05) is 0 Å². The van der Waals surface area contributed by atoms with Crippen LogP contribution < -0.4 is 10.6 Å². The molecule has 2 fully saturated rings. The van der Waals surface area contributed by atoms with Gasteiger partial charge in [0, 0.05) is 58.2 Å². The van der Waals surface area contributed by atoms with Gasteiger partial charge in [0.15, 0.2) is 5.82 Å². The summed E-state index contributed by atoms with van der Waals surface area (Å²) in [4.78, 5) is 13.8. The van der Waals surface area contributed by atoms with Crippen molar-refractivity contribution in [2.45, 2.75) is 19.4 Å². The largest absolute Gasteiger partial charge is 0.381 e. The zero-order valence-electron chi connectivity index (χ0n) is 17.6. The van der Waals surface area contributed by atoms with Gasteiger partial charge in [-0.3, -0.25) is 4.90 Å². The van der Waals surface area contributed by atoms with Crippen LogP contribution in [-0.2, 0) is 11.3 Å². The summed E-state index contributed by atoms with van der Waals surface area (Å²) < 4.78 is 5.42. The molecule has 2 aromatic rings. The van der Waals surface area contributed by atoms with Gasteiger partial charge < -0.3 is 20.3 Å². The van der Waals surface area contributed by atoms with Crippen molar-refractivity contribution in [1.82, 2.24) is 19.8 Å². The Hall–Kier alpha value is -1.93. The second-order valence-electron chi connectivity index (χ2n) is 8.23. The Labute approximate surface area is 183 Å². The molecule has 2 N–H and O–H groups in total. The SMILES string of the molecule is CN1CCN(Cc2ccc(Nc3ncc(Cl)c(NCC4CCOCC4)n3)cc2)CC1. The maximum atomic E-state index is 6.29. The van der Waals surface area contributed by atoms with Crippen LogP contribution in [0.3, 0.4) is 0 Å². The van der Waals surface area contributed by atoms with E-state index in [4.69, 9.17) is 16.3 Å². The summed E-state index contributed by atoms with van der Waals surface area (Å²) in [5, 5.41) is 7.20. The summed E-state index contributed by atoms with van der Waals surface area (Å²) in [6, 6.07) is 8.50. The van der Waals surface area contributed by atoms with Crippen LogP contribution in [0.1, 0.15) is 18.4 Å². The number of rotatable bonds is 7. The minimum atomic E-state index is 0.537. The number of hydrogen-bond acceptors (Lipinski definition) is 7. The molecule has 0 saturated carbocycles.